The van der Waals surface area contributed by atoms with Crippen LogP contribution in [-0.2, 0) is 6.18 Å². The third kappa shape index (κ3) is 3.77. The second-order valence-corrected chi connectivity index (χ2v) is 8.47. The van der Waals surface area contributed by atoms with E-state index < -0.39 is 11.7 Å². The van der Waals surface area contributed by atoms with Gasteiger partial charge in [-0.2, -0.15) is 13.2 Å². The van der Waals surface area contributed by atoms with Crippen molar-refractivity contribution in [3.05, 3.63) is 127 Å². The lowest BCUT2D eigenvalue weighted by molar-refractivity contribution is -0.137. The number of alkyl halides is 3. The summed E-state index contributed by atoms with van der Waals surface area (Å²) in [6.07, 6.45) is -2.50. The first-order valence-electron chi connectivity index (χ1n) is 11.5. The van der Waals surface area contributed by atoms with E-state index in [1.807, 2.05) is 102 Å². The van der Waals surface area contributed by atoms with Gasteiger partial charge in [0.2, 0.25) is 5.78 Å². The maximum atomic E-state index is 13.6. The second kappa shape index (κ2) is 8.57. The first-order valence-corrected chi connectivity index (χ1v) is 11.5. The monoisotopic (exact) mass is 479 g/mol. The van der Waals surface area contributed by atoms with Crippen LogP contribution in [0.1, 0.15) is 5.56 Å². The van der Waals surface area contributed by atoms with Gasteiger partial charge in [-0.25, -0.2) is 4.98 Å². The number of fused-ring (bicyclic) bond motifs is 1. The number of hydrogen-bond donors (Lipinski definition) is 0. The molecule has 0 amide bonds. The minimum atomic E-state index is -4.45. The topological polar surface area (TPSA) is 22.2 Å². The lowest BCUT2D eigenvalue weighted by atomic mass is 10.0. The molecule has 0 atom stereocenters. The Morgan fingerprint density at radius 3 is 1.81 bits per heavy atom. The summed E-state index contributed by atoms with van der Waals surface area (Å²) in [5, 5.41) is 0. The molecule has 0 fully saturated rings. The summed E-state index contributed by atoms with van der Waals surface area (Å²) in [4.78, 5) is 5.02. The number of imidazole rings is 2. The van der Waals surface area contributed by atoms with Crippen molar-refractivity contribution in [3.8, 4) is 39.5 Å². The fourth-order valence-corrected chi connectivity index (χ4v) is 4.55. The molecule has 176 valence electrons. The Bertz CT molecular complexity index is 1650. The van der Waals surface area contributed by atoms with Crippen molar-refractivity contribution < 1.29 is 13.2 Å². The van der Waals surface area contributed by atoms with Crippen molar-refractivity contribution in [2.45, 2.75) is 6.18 Å². The van der Waals surface area contributed by atoms with E-state index in [4.69, 9.17) is 4.98 Å². The number of rotatable bonds is 4. The molecular weight excluding hydrogens is 459 g/mol. The Labute approximate surface area is 205 Å². The summed E-state index contributed by atoms with van der Waals surface area (Å²) in [5.74, 6) is 0.533. The van der Waals surface area contributed by atoms with Crippen molar-refractivity contribution in [1.29, 1.82) is 0 Å². The van der Waals surface area contributed by atoms with E-state index >= 15 is 0 Å². The van der Waals surface area contributed by atoms with E-state index in [9.17, 15) is 13.2 Å². The van der Waals surface area contributed by atoms with Gasteiger partial charge < -0.3 is 0 Å². The van der Waals surface area contributed by atoms with Gasteiger partial charge in [0.1, 0.15) is 0 Å². The Morgan fingerprint density at radius 1 is 0.611 bits per heavy atom. The molecule has 0 bridgehead atoms. The zero-order valence-corrected chi connectivity index (χ0v) is 19.0. The van der Waals surface area contributed by atoms with Crippen LogP contribution in [0.3, 0.4) is 0 Å². The van der Waals surface area contributed by atoms with E-state index in [1.54, 1.807) is 10.6 Å². The molecule has 2 heterocycles. The van der Waals surface area contributed by atoms with Crippen molar-refractivity contribution >= 4 is 5.78 Å². The summed E-state index contributed by atoms with van der Waals surface area (Å²) in [6, 6.07) is 34.7. The zero-order valence-electron chi connectivity index (χ0n) is 19.0. The minimum absolute atomic E-state index is 0.392. The lowest BCUT2D eigenvalue weighted by Crippen LogP contribution is -2.06. The molecule has 0 saturated heterocycles. The van der Waals surface area contributed by atoms with E-state index in [0.717, 1.165) is 39.8 Å². The normalized spacial score (nSPS) is 11.8. The molecule has 0 unspecified atom stereocenters. The molecule has 2 aromatic heterocycles. The number of hydrogen-bond acceptors (Lipinski definition) is 1. The molecule has 0 N–H and O–H groups in total. The van der Waals surface area contributed by atoms with Gasteiger partial charge in [-0.05, 0) is 18.2 Å². The number of aromatic nitrogens is 3. The third-order valence-electron chi connectivity index (χ3n) is 6.18. The predicted octanol–water partition coefficient (Wildman–Crippen LogP) is 8.14. The summed E-state index contributed by atoms with van der Waals surface area (Å²) < 4.78 is 44.7. The first-order chi connectivity index (χ1) is 17.5. The Hall–Kier alpha value is -4.58. The number of nitrogens with zero attached hydrogens (tertiary/aromatic N) is 3. The Balaban J connectivity index is 1.71. The fraction of sp³-hybridized carbons (Fsp3) is 0.0333. The maximum absolute atomic E-state index is 13.6. The van der Waals surface area contributed by atoms with Crippen LogP contribution >= 0.6 is 0 Å². The van der Waals surface area contributed by atoms with Crippen LogP contribution in [0.25, 0.3) is 45.2 Å². The fourth-order valence-electron chi connectivity index (χ4n) is 4.55. The van der Waals surface area contributed by atoms with E-state index in [0.29, 0.717) is 11.5 Å². The van der Waals surface area contributed by atoms with Crippen LogP contribution < -0.4 is 0 Å². The van der Waals surface area contributed by atoms with Gasteiger partial charge in [0, 0.05) is 28.6 Å². The second-order valence-electron chi connectivity index (χ2n) is 8.47. The Morgan fingerprint density at radius 2 is 1.19 bits per heavy atom. The standard InChI is InChI=1S/C30H20F3N3/c31-30(32,33)24-17-10-18-25(19-24)36-26(21-11-4-1-5-12-21)20-35-28(23-15-8-3-9-16-23)27(34-29(35)36)22-13-6-2-7-14-22/h1-20H. The highest BCUT2D eigenvalue weighted by atomic mass is 19.4. The quantitative estimate of drug-likeness (QED) is 0.250. The summed E-state index contributed by atoms with van der Waals surface area (Å²) in [6.45, 7) is 0. The first kappa shape index (κ1) is 21.9. The highest BCUT2D eigenvalue weighted by Crippen LogP contribution is 2.38. The molecule has 6 aromatic rings. The summed E-state index contributed by atoms with van der Waals surface area (Å²) >= 11 is 0. The van der Waals surface area contributed by atoms with Crippen LogP contribution in [0.4, 0.5) is 13.2 Å². The van der Waals surface area contributed by atoms with Gasteiger partial charge in [-0.1, -0.05) is 97.1 Å². The smallest absolute Gasteiger partial charge is 0.282 e. The van der Waals surface area contributed by atoms with E-state index in [2.05, 4.69) is 0 Å². The average molecular weight is 480 g/mol. The number of benzene rings is 4. The summed E-state index contributed by atoms with van der Waals surface area (Å²) in [5.41, 5.74) is 4.83. The van der Waals surface area contributed by atoms with Crippen molar-refractivity contribution in [2.24, 2.45) is 0 Å². The van der Waals surface area contributed by atoms with Gasteiger partial charge >= 0.3 is 6.18 Å². The largest absolute Gasteiger partial charge is 0.416 e. The molecule has 0 saturated carbocycles. The minimum Gasteiger partial charge on any atom is -0.282 e. The molecule has 0 aliphatic rings. The highest BCUT2D eigenvalue weighted by molar-refractivity contribution is 5.83. The summed E-state index contributed by atoms with van der Waals surface area (Å²) in [7, 11) is 0. The zero-order chi connectivity index (χ0) is 24.7. The van der Waals surface area contributed by atoms with Crippen molar-refractivity contribution in [3.63, 3.8) is 0 Å². The third-order valence-corrected chi connectivity index (χ3v) is 6.18. The molecule has 0 spiro atoms. The maximum Gasteiger partial charge on any atom is 0.416 e. The molecule has 3 nitrogen and oxygen atoms in total. The van der Waals surface area contributed by atoms with Crippen LogP contribution in [0, 0.1) is 0 Å². The van der Waals surface area contributed by atoms with Gasteiger partial charge in [-0.15, -0.1) is 0 Å². The average Bonchev–Trinajstić information content (AvgIpc) is 3.46. The van der Waals surface area contributed by atoms with Crippen molar-refractivity contribution in [1.82, 2.24) is 14.0 Å². The predicted molar refractivity (Wildman–Crippen MR) is 136 cm³/mol. The Kier molecular flexibility index (Phi) is 5.22. The molecule has 0 radical (unpaired) electrons. The van der Waals surface area contributed by atoms with Gasteiger partial charge in [0.15, 0.2) is 0 Å². The van der Waals surface area contributed by atoms with Gasteiger partial charge in [0.05, 0.1) is 22.6 Å². The molecule has 0 aliphatic heterocycles. The van der Waals surface area contributed by atoms with Crippen LogP contribution in [0.2, 0.25) is 0 Å². The molecule has 6 rings (SSSR count). The van der Waals surface area contributed by atoms with E-state index in [1.165, 1.54) is 12.1 Å². The SMILES string of the molecule is FC(F)(F)c1cccc(-n2c(-c3ccccc3)cn3c(-c4ccccc4)c(-c4ccccc4)nc23)c1. The van der Waals surface area contributed by atoms with Crippen molar-refractivity contribution in [2.75, 3.05) is 0 Å². The molecule has 6 heteroatoms. The van der Waals surface area contributed by atoms with Gasteiger partial charge in [-0.3, -0.25) is 8.97 Å². The van der Waals surface area contributed by atoms with E-state index in [-0.39, 0.29) is 0 Å². The van der Waals surface area contributed by atoms with Crippen LogP contribution in [0.15, 0.2) is 121 Å². The van der Waals surface area contributed by atoms with Crippen LogP contribution in [0.5, 0.6) is 0 Å². The highest BCUT2D eigenvalue weighted by Gasteiger charge is 2.31. The number of halogens is 3. The van der Waals surface area contributed by atoms with Crippen LogP contribution in [-0.4, -0.2) is 14.0 Å². The molecule has 4 aromatic carbocycles. The lowest BCUT2D eigenvalue weighted by Gasteiger charge is -2.12. The van der Waals surface area contributed by atoms with Gasteiger partial charge in [0.25, 0.3) is 0 Å². The molecule has 36 heavy (non-hydrogen) atoms. The molecule has 0 aliphatic carbocycles. The molecular formula is C30H20F3N3.